The second kappa shape index (κ2) is 7.20. The lowest BCUT2D eigenvalue weighted by atomic mass is 10.1. The number of aromatic nitrogens is 3. The lowest BCUT2D eigenvalue weighted by molar-refractivity contribution is 0.918. The first kappa shape index (κ1) is 16.1. The van der Waals surface area contributed by atoms with E-state index in [1.807, 2.05) is 32.0 Å². The third-order valence-corrected chi connectivity index (χ3v) is 4.75. The topological polar surface area (TPSA) is 74.5 Å². The molecule has 1 N–H and O–H groups in total. The van der Waals surface area contributed by atoms with Crippen molar-refractivity contribution in [3.8, 4) is 16.6 Å². The Morgan fingerprint density at radius 2 is 1.96 bits per heavy atom. The normalized spacial score (nSPS) is 10.4. The van der Waals surface area contributed by atoms with E-state index in [1.165, 1.54) is 0 Å². The summed E-state index contributed by atoms with van der Waals surface area (Å²) in [6.45, 7) is 4.40. The molecule has 3 aromatic rings. The summed E-state index contributed by atoms with van der Waals surface area (Å²) >= 11 is 1.64. The molecule has 0 amide bonds. The zero-order valence-electron chi connectivity index (χ0n) is 13.6. The van der Waals surface area contributed by atoms with Crippen molar-refractivity contribution in [3.63, 3.8) is 0 Å². The van der Waals surface area contributed by atoms with Crippen LogP contribution in [0.1, 0.15) is 22.5 Å². The lowest BCUT2D eigenvalue weighted by Crippen LogP contribution is -2.10. The molecule has 0 aliphatic rings. The summed E-state index contributed by atoms with van der Waals surface area (Å²) in [6, 6.07) is 12.3. The van der Waals surface area contributed by atoms with Gasteiger partial charge in [0.1, 0.15) is 16.6 Å². The van der Waals surface area contributed by atoms with Gasteiger partial charge in [-0.1, -0.05) is 30.3 Å². The molecule has 5 nitrogen and oxygen atoms in total. The molecule has 6 heteroatoms. The highest BCUT2D eigenvalue weighted by Gasteiger charge is 2.10. The molecule has 0 spiro atoms. The van der Waals surface area contributed by atoms with Gasteiger partial charge >= 0.3 is 0 Å². The van der Waals surface area contributed by atoms with Crippen LogP contribution in [0.15, 0.2) is 35.7 Å². The fraction of sp³-hybridized carbons (Fsp3) is 0.222. The molecule has 0 aliphatic carbocycles. The van der Waals surface area contributed by atoms with Gasteiger partial charge in [0.25, 0.3) is 0 Å². The van der Waals surface area contributed by atoms with Gasteiger partial charge in [-0.05, 0) is 19.4 Å². The van der Waals surface area contributed by atoms with Gasteiger partial charge in [0, 0.05) is 23.9 Å². The van der Waals surface area contributed by atoms with Crippen molar-refractivity contribution < 1.29 is 0 Å². The highest BCUT2D eigenvalue weighted by molar-refractivity contribution is 7.13. The fourth-order valence-corrected chi connectivity index (χ4v) is 3.17. The largest absolute Gasteiger partial charge is 0.367 e. The van der Waals surface area contributed by atoms with Crippen molar-refractivity contribution >= 4 is 17.2 Å². The van der Waals surface area contributed by atoms with Gasteiger partial charge in [-0.25, -0.2) is 4.98 Å². The molecule has 2 heterocycles. The molecule has 0 unspecified atom stereocenters. The van der Waals surface area contributed by atoms with Crippen LogP contribution in [-0.2, 0) is 6.42 Å². The maximum Gasteiger partial charge on any atom is 0.166 e. The second-order valence-corrected chi connectivity index (χ2v) is 6.29. The number of hydrogen-bond acceptors (Lipinski definition) is 6. The molecule has 0 fully saturated rings. The molecule has 1 aromatic carbocycles. The Labute approximate surface area is 145 Å². The first-order chi connectivity index (χ1) is 11.7. The van der Waals surface area contributed by atoms with Gasteiger partial charge in [-0.3, -0.25) is 0 Å². The molecular formula is C18H17N5S. The average molecular weight is 335 g/mol. The minimum Gasteiger partial charge on any atom is -0.367 e. The number of nitrogens with one attached hydrogen (secondary N) is 1. The Kier molecular flexibility index (Phi) is 4.82. The Balaban J connectivity index is 1.65. The first-order valence-corrected chi connectivity index (χ1v) is 8.54. The van der Waals surface area contributed by atoms with Crippen LogP contribution in [0.2, 0.25) is 0 Å². The number of rotatable bonds is 5. The zero-order valence-corrected chi connectivity index (χ0v) is 14.4. The van der Waals surface area contributed by atoms with Gasteiger partial charge in [-0.2, -0.15) is 10.4 Å². The maximum absolute atomic E-state index is 9.30. The van der Waals surface area contributed by atoms with Gasteiger partial charge in [0.15, 0.2) is 5.82 Å². The summed E-state index contributed by atoms with van der Waals surface area (Å²) in [7, 11) is 0. The second-order valence-electron chi connectivity index (χ2n) is 5.43. The molecule has 2 aromatic heterocycles. The molecular weight excluding hydrogens is 318 g/mol. The number of aryl methyl sites for hydroxylation is 1. The number of anilines is 1. The molecule has 0 radical (unpaired) electrons. The van der Waals surface area contributed by atoms with Crippen molar-refractivity contribution in [2.45, 2.75) is 20.3 Å². The van der Waals surface area contributed by atoms with Gasteiger partial charge in [-0.15, -0.1) is 16.4 Å². The van der Waals surface area contributed by atoms with Crippen molar-refractivity contribution in [3.05, 3.63) is 58.2 Å². The summed E-state index contributed by atoms with van der Waals surface area (Å²) in [6.07, 6.45) is 0.767. The van der Waals surface area contributed by atoms with Crippen molar-refractivity contribution in [1.82, 2.24) is 15.2 Å². The minimum atomic E-state index is 0.541. The fourth-order valence-electron chi connectivity index (χ4n) is 2.31. The van der Waals surface area contributed by atoms with E-state index >= 15 is 0 Å². The Morgan fingerprint density at radius 1 is 1.17 bits per heavy atom. The molecule has 3 rings (SSSR count). The zero-order chi connectivity index (χ0) is 16.9. The summed E-state index contributed by atoms with van der Waals surface area (Å²) in [4.78, 5) is 4.66. The third-order valence-electron chi connectivity index (χ3n) is 3.81. The van der Waals surface area contributed by atoms with E-state index in [9.17, 15) is 5.26 Å². The Morgan fingerprint density at radius 3 is 2.71 bits per heavy atom. The Hall–Kier alpha value is -2.78. The van der Waals surface area contributed by atoms with Crippen LogP contribution >= 0.6 is 11.3 Å². The van der Waals surface area contributed by atoms with Crippen molar-refractivity contribution in [1.29, 1.82) is 5.26 Å². The number of thiazole rings is 1. The first-order valence-electron chi connectivity index (χ1n) is 7.66. The minimum absolute atomic E-state index is 0.541. The van der Waals surface area contributed by atoms with Crippen LogP contribution in [-0.4, -0.2) is 21.7 Å². The van der Waals surface area contributed by atoms with Gasteiger partial charge in [0.05, 0.1) is 11.4 Å². The van der Waals surface area contributed by atoms with Crippen molar-refractivity contribution in [2.75, 3.05) is 11.9 Å². The number of benzene rings is 1. The summed E-state index contributed by atoms with van der Waals surface area (Å²) in [5, 5.41) is 23.8. The van der Waals surface area contributed by atoms with Crippen LogP contribution in [0.4, 0.5) is 5.82 Å². The van der Waals surface area contributed by atoms with E-state index in [2.05, 4.69) is 44.1 Å². The third kappa shape index (κ3) is 3.42. The monoisotopic (exact) mass is 335 g/mol. The van der Waals surface area contributed by atoms with Crippen LogP contribution in [0.3, 0.4) is 0 Å². The highest BCUT2D eigenvalue weighted by Crippen LogP contribution is 2.23. The average Bonchev–Trinajstić information content (AvgIpc) is 3.08. The maximum atomic E-state index is 9.30. The molecule has 120 valence electrons. The van der Waals surface area contributed by atoms with Crippen LogP contribution < -0.4 is 5.32 Å². The van der Waals surface area contributed by atoms with Crippen LogP contribution in [0.25, 0.3) is 10.6 Å². The van der Waals surface area contributed by atoms with Gasteiger partial charge in [0.2, 0.25) is 0 Å². The molecule has 0 saturated carbocycles. The standard InChI is InChI=1S/C18H17N5S/c1-12-13(2)22-23-17(16(12)10-19)20-9-8-15-11-24-18(21-15)14-6-4-3-5-7-14/h3-7,11H,8-9H2,1-2H3,(H,20,23). The predicted molar refractivity (Wildman–Crippen MR) is 96.0 cm³/mol. The van der Waals surface area contributed by atoms with E-state index in [-0.39, 0.29) is 0 Å². The summed E-state index contributed by atoms with van der Waals surface area (Å²) in [5.41, 5.74) is 4.38. The van der Waals surface area contributed by atoms with E-state index in [4.69, 9.17) is 0 Å². The van der Waals surface area contributed by atoms with Crippen LogP contribution in [0.5, 0.6) is 0 Å². The van der Waals surface area contributed by atoms with Gasteiger partial charge < -0.3 is 5.32 Å². The number of nitrogens with zero attached hydrogens (tertiary/aromatic N) is 4. The van der Waals surface area contributed by atoms with Crippen LogP contribution in [0, 0.1) is 25.2 Å². The quantitative estimate of drug-likeness (QED) is 0.769. The van der Waals surface area contributed by atoms with Crippen molar-refractivity contribution in [2.24, 2.45) is 0 Å². The molecule has 0 aliphatic heterocycles. The van der Waals surface area contributed by atoms with E-state index in [1.54, 1.807) is 11.3 Å². The number of hydrogen-bond donors (Lipinski definition) is 1. The lowest BCUT2D eigenvalue weighted by Gasteiger charge is -2.08. The van der Waals surface area contributed by atoms with E-state index in [0.717, 1.165) is 33.9 Å². The summed E-state index contributed by atoms with van der Waals surface area (Å²) in [5.74, 6) is 0.541. The molecule has 0 bridgehead atoms. The Bertz CT molecular complexity index is 880. The molecule has 24 heavy (non-hydrogen) atoms. The molecule has 0 atom stereocenters. The SMILES string of the molecule is Cc1nnc(NCCc2csc(-c3ccccc3)n2)c(C#N)c1C. The predicted octanol–water partition coefficient (Wildman–Crippen LogP) is 3.74. The molecule has 0 saturated heterocycles. The van der Waals surface area contributed by atoms with E-state index < -0.39 is 0 Å². The highest BCUT2D eigenvalue weighted by atomic mass is 32.1. The van der Waals surface area contributed by atoms with E-state index in [0.29, 0.717) is 17.9 Å². The smallest absolute Gasteiger partial charge is 0.166 e. The number of nitriles is 1. The summed E-state index contributed by atoms with van der Waals surface area (Å²) < 4.78 is 0.